The molecule has 0 aliphatic carbocycles. The zero-order valence-electron chi connectivity index (χ0n) is 15.8. The molecule has 3 aromatic rings. The normalized spacial score (nSPS) is 14.2. The van der Waals surface area contributed by atoms with Gasteiger partial charge < -0.3 is 9.84 Å². The van der Waals surface area contributed by atoms with Gasteiger partial charge in [-0.05, 0) is 47.5 Å². The van der Waals surface area contributed by atoms with Gasteiger partial charge in [0.25, 0.3) is 11.8 Å². The molecule has 1 unspecified atom stereocenters. The van der Waals surface area contributed by atoms with Crippen LogP contribution in [0.2, 0.25) is 0 Å². The molecule has 0 spiro atoms. The zero-order chi connectivity index (χ0) is 20.5. The van der Waals surface area contributed by atoms with E-state index in [9.17, 15) is 19.5 Å². The predicted octanol–water partition coefficient (Wildman–Crippen LogP) is 4.05. The third-order valence-corrected chi connectivity index (χ3v) is 5.04. The molecule has 2 amide bonds. The minimum atomic E-state index is -1.09. The summed E-state index contributed by atoms with van der Waals surface area (Å²) in [6, 6.07) is 16.8. The van der Waals surface area contributed by atoms with Crippen molar-refractivity contribution < 1.29 is 24.2 Å². The van der Waals surface area contributed by atoms with Crippen LogP contribution in [-0.2, 0) is 4.79 Å². The van der Waals surface area contributed by atoms with Crippen LogP contribution < -0.4 is 4.74 Å². The first-order valence-corrected chi connectivity index (χ1v) is 9.35. The van der Waals surface area contributed by atoms with E-state index in [1.165, 1.54) is 0 Å². The van der Waals surface area contributed by atoms with Crippen molar-refractivity contribution in [3.05, 3.63) is 77.4 Å². The second-order valence-corrected chi connectivity index (χ2v) is 6.84. The van der Waals surface area contributed by atoms with Crippen LogP contribution in [0.5, 0.6) is 5.75 Å². The van der Waals surface area contributed by atoms with Gasteiger partial charge in [0.15, 0.2) is 0 Å². The smallest absolute Gasteiger partial charge is 0.305 e. The van der Waals surface area contributed by atoms with Crippen molar-refractivity contribution in [1.29, 1.82) is 0 Å². The summed E-state index contributed by atoms with van der Waals surface area (Å²) in [5.74, 6) is -1.41. The Balaban J connectivity index is 1.76. The number of aliphatic carboxylic acids is 1. The van der Waals surface area contributed by atoms with Crippen molar-refractivity contribution in [2.45, 2.75) is 19.4 Å². The molecule has 0 saturated carbocycles. The number of rotatable bonds is 6. The Morgan fingerprint density at radius 1 is 0.966 bits per heavy atom. The Kier molecular flexibility index (Phi) is 4.76. The van der Waals surface area contributed by atoms with Crippen LogP contribution in [-0.4, -0.2) is 34.4 Å². The summed E-state index contributed by atoms with van der Waals surface area (Å²) < 4.78 is 5.42. The van der Waals surface area contributed by atoms with Crippen molar-refractivity contribution in [1.82, 2.24) is 4.90 Å². The fourth-order valence-corrected chi connectivity index (χ4v) is 3.71. The van der Waals surface area contributed by atoms with E-state index in [1.54, 1.807) is 36.4 Å². The molecular formula is C23H19NO5. The van der Waals surface area contributed by atoms with E-state index in [-0.39, 0.29) is 6.42 Å². The van der Waals surface area contributed by atoms with Gasteiger partial charge in [-0.25, -0.2) is 0 Å². The number of hydrogen-bond acceptors (Lipinski definition) is 4. The van der Waals surface area contributed by atoms with Crippen LogP contribution in [0.15, 0.2) is 60.7 Å². The molecule has 1 aliphatic heterocycles. The molecule has 3 aromatic carbocycles. The Bertz CT molecular complexity index is 1070. The van der Waals surface area contributed by atoms with Gasteiger partial charge in [-0.15, -0.1) is 0 Å². The molecule has 0 aromatic heterocycles. The van der Waals surface area contributed by atoms with Gasteiger partial charge in [0, 0.05) is 0 Å². The predicted molar refractivity (Wildman–Crippen MR) is 107 cm³/mol. The first-order chi connectivity index (χ1) is 14.0. The number of imide groups is 1. The van der Waals surface area contributed by atoms with Crippen LogP contribution >= 0.6 is 0 Å². The van der Waals surface area contributed by atoms with Crippen molar-refractivity contribution in [3.63, 3.8) is 0 Å². The topological polar surface area (TPSA) is 83.9 Å². The lowest BCUT2D eigenvalue weighted by Gasteiger charge is -2.25. The molecule has 0 bridgehead atoms. The molecule has 6 nitrogen and oxygen atoms in total. The highest BCUT2D eigenvalue weighted by molar-refractivity contribution is 6.23. The van der Waals surface area contributed by atoms with Gasteiger partial charge in [0.2, 0.25) is 0 Å². The first kappa shape index (κ1) is 18.7. The maximum atomic E-state index is 13.1. The van der Waals surface area contributed by atoms with Crippen molar-refractivity contribution in [2.75, 3.05) is 6.61 Å². The van der Waals surface area contributed by atoms with Gasteiger partial charge in [0.05, 0.1) is 30.2 Å². The number of carboxylic acids is 1. The molecular weight excluding hydrogens is 370 g/mol. The summed E-state index contributed by atoms with van der Waals surface area (Å²) in [5.41, 5.74) is 1.17. The number of carboxylic acid groups (broad SMARTS) is 1. The van der Waals surface area contributed by atoms with Gasteiger partial charge in [-0.1, -0.05) is 36.4 Å². The van der Waals surface area contributed by atoms with Crippen LogP contribution in [0.1, 0.15) is 45.7 Å². The highest BCUT2D eigenvalue weighted by atomic mass is 16.5. The number of hydrogen-bond donors (Lipinski definition) is 1. The summed E-state index contributed by atoms with van der Waals surface area (Å²) in [4.78, 5) is 38.8. The standard InChI is InChI=1S/C23H19NO5/c1-2-29-17-9-7-14(8-10-17)20(13-21(25)26)24-22(27)18-11-15-5-3-4-6-16(15)12-19(18)23(24)28/h3-12,20H,2,13H2,1H3,(H,25,26). The lowest BCUT2D eigenvalue weighted by atomic mass is 10.0. The fourth-order valence-electron chi connectivity index (χ4n) is 3.71. The van der Waals surface area contributed by atoms with Gasteiger partial charge >= 0.3 is 5.97 Å². The fraction of sp³-hybridized carbons (Fsp3) is 0.174. The maximum absolute atomic E-state index is 13.1. The zero-order valence-corrected chi connectivity index (χ0v) is 15.8. The van der Waals surface area contributed by atoms with E-state index in [4.69, 9.17) is 4.74 Å². The number of carbonyl (C=O) groups is 3. The van der Waals surface area contributed by atoms with Gasteiger partial charge in [0.1, 0.15) is 5.75 Å². The number of ether oxygens (including phenoxy) is 1. The van der Waals surface area contributed by atoms with E-state index < -0.39 is 23.8 Å². The van der Waals surface area contributed by atoms with Gasteiger partial charge in [-0.2, -0.15) is 0 Å². The number of benzene rings is 3. The van der Waals surface area contributed by atoms with Crippen LogP contribution in [0.25, 0.3) is 10.8 Å². The Hall–Kier alpha value is -3.67. The molecule has 0 fully saturated rings. The van der Waals surface area contributed by atoms with E-state index in [0.29, 0.717) is 29.0 Å². The molecule has 1 aliphatic rings. The summed E-state index contributed by atoms with van der Waals surface area (Å²) >= 11 is 0. The maximum Gasteiger partial charge on any atom is 0.305 e. The molecule has 0 radical (unpaired) electrons. The van der Waals surface area contributed by atoms with Crippen molar-refractivity contribution in [2.24, 2.45) is 0 Å². The van der Waals surface area contributed by atoms with E-state index >= 15 is 0 Å². The molecule has 4 rings (SSSR count). The summed E-state index contributed by atoms with van der Waals surface area (Å²) in [7, 11) is 0. The third-order valence-electron chi connectivity index (χ3n) is 5.04. The monoisotopic (exact) mass is 389 g/mol. The van der Waals surface area contributed by atoms with E-state index in [2.05, 4.69) is 0 Å². The first-order valence-electron chi connectivity index (χ1n) is 9.35. The molecule has 6 heteroatoms. The van der Waals surface area contributed by atoms with E-state index in [1.807, 2.05) is 31.2 Å². The van der Waals surface area contributed by atoms with Crippen molar-refractivity contribution >= 4 is 28.6 Å². The number of nitrogens with zero attached hydrogens (tertiary/aromatic N) is 1. The average Bonchev–Trinajstić information content (AvgIpc) is 2.95. The molecule has 1 N–H and O–H groups in total. The summed E-state index contributed by atoms with van der Waals surface area (Å²) in [5, 5.41) is 11.1. The summed E-state index contributed by atoms with van der Waals surface area (Å²) in [6.45, 7) is 2.37. The minimum absolute atomic E-state index is 0.301. The third kappa shape index (κ3) is 3.33. The lowest BCUT2D eigenvalue weighted by Crippen LogP contribution is -2.35. The van der Waals surface area contributed by atoms with Crippen LogP contribution in [0.4, 0.5) is 0 Å². The summed E-state index contributed by atoms with van der Waals surface area (Å²) in [6.07, 6.45) is -0.376. The molecule has 1 atom stereocenters. The highest BCUT2D eigenvalue weighted by Crippen LogP contribution is 2.36. The Morgan fingerprint density at radius 2 is 1.52 bits per heavy atom. The molecule has 29 heavy (non-hydrogen) atoms. The minimum Gasteiger partial charge on any atom is -0.494 e. The number of fused-ring (bicyclic) bond motifs is 2. The van der Waals surface area contributed by atoms with Crippen LogP contribution in [0, 0.1) is 0 Å². The quantitative estimate of drug-likeness (QED) is 0.643. The molecule has 1 heterocycles. The SMILES string of the molecule is CCOc1ccc(C(CC(=O)O)N2C(=O)c3cc4ccccc4cc3C2=O)cc1. The van der Waals surface area contributed by atoms with Crippen molar-refractivity contribution in [3.8, 4) is 5.75 Å². The van der Waals surface area contributed by atoms with Crippen LogP contribution in [0.3, 0.4) is 0 Å². The molecule has 146 valence electrons. The average molecular weight is 389 g/mol. The highest BCUT2D eigenvalue weighted by Gasteiger charge is 2.41. The van der Waals surface area contributed by atoms with E-state index in [0.717, 1.165) is 15.7 Å². The largest absolute Gasteiger partial charge is 0.494 e. The number of carbonyl (C=O) groups excluding carboxylic acids is 2. The Labute approximate surface area is 167 Å². The Morgan fingerprint density at radius 3 is 2.00 bits per heavy atom. The second-order valence-electron chi connectivity index (χ2n) is 6.84. The van der Waals surface area contributed by atoms with Gasteiger partial charge in [-0.3, -0.25) is 19.3 Å². The number of amides is 2. The lowest BCUT2D eigenvalue weighted by molar-refractivity contribution is -0.138. The second kappa shape index (κ2) is 7.39. The molecule has 0 saturated heterocycles.